The van der Waals surface area contributed by atoms with Gasteiger partial charge in [-0.05, 0) is 66.1 Å². The number of nitrogens with one attached hydrogen (secondary N) is 2. The van der Waals surface area contributed by atoms with Crippen molar-refractivity contribution in [1.82, 2.24) is 19.7 Å². The topological polar surface area (TPSA) is 120 Å². The quantitative estimate of drug-likeness (QED) is 0.199. The van der Waals surface area contributed by atoms with Crippen LogP contribution in [0, 0.1) is 0 Å². The second kappa shape index (κ2) is 11.4. The Bertz CT molecular complexity index is 1650. The second-order valence-electron chi connectivity index (χ2n) is 8.90. The summed E-state index contributed by atoms with van der Waals surface area (Å²) in [5, 5.41) is 9.14. The van der Waals surface area contributed by atoms with Gasteiger partial charge in [0.2, 0.25) is 5.88 Å². The van der Waals surface area contributed by atoms with Gasteiger partial charge in [-0.2, -0.15) is 18.3 Å². The molecule has 0 aliphatic rings. The van der Waals surface area contributed by atoms with E-state index >= 15 is 0 Å². The molecular weight excluding hydrogens is 535 g/mol. The van der Waals surface area contributed by atoms with Crippen molar-refractivity contribution in [2.45, 2.75) is 19.5 Å². The number of nitrogens with two attached hydrogens (primary N) is 1. The van der Waals surface area contributed by atoms with E-state index in [1.165, 1.54) is 29.3 Å². The van der Waals surface area contributed by atoms with E-state index in [1.807, 2.05) is 25.1 Å². The van der Waals surface area contributed by atoms with Crippen LogP contribution >= 0.6 is 0 Å². The van der Waals surface area contributed by atoms with Crippen LogP contribution < -0.4 is 21.1 Å². The SMILES string of the molecule is CCc1cnc(N)c(-c2ccc(Oc3ccc(NC(=O)Nc4ccc(C(F)(F)F)cc4-n4cccn4)cn3)cc2)c1. The zero-order valence-corrected chi connectivity index (χ0v) is 21.7. The fourth-order valence-electron chi connectivity index (χ4n) is 3.98. The first kappa shape index (κ1) is 27.2. The van der Waals surface area contributed by atoms with E-state index in [1.54, 1.807) is 36.5 Å². The van der Waals surface area contributed by atoms with Gasteiger partial charge in [0.25, 0.3) is 0 Å². The lowest BCUT2D eigenvalue weighted by Gasteiger charge is -2.15. The minimum atomic E-state index is -4.55. The third kappa shape index (κ3) is 6.44. The number of pyridine rings is 2. The molecule has 0 fully saturated rings. The first-order chi connectivity index (χ1) is 19.7. The average molecular weight is 560 g/mol. The van der Waals surface area contributed by atoms with Gasteiger partial charge in [0.15, 0.2) is 0 Å². The van der Waals surface area contributed by atoms with Gasteiger partial charge in [-0.25, -0.2) is 19.4 Å². The Kier molecular flexibility index (Phi) is 7.55. The van der Waals surface area contributed by atoms with Crippen molar-refractivity contribution in [3.05, 3.63) is 103 Å². The molecule has 0 radical (unpaired) electrons. The summed E-state index contributed by atoms with van der Waals surface area (Å²) in [6, 6.07) is 16.4. The lowest BCUT2D eigenvalue weighted by atomic mass is 10.0. The molecule has 5 rings (SSSR count). The number of carbonyl (C=O) groups excluding carboxylic acids is 1. The number of alkyl halides is 3. The van der Waals surface area contributed by atoms with Crippen molar-refractivity contribution >= 4 is 23.2 Å². The van der Waals surface area contributed by atoms with Gasteiger partial charge in [0.1, 0.15) is 11.6 Å². The molecule has 0 unspecified atom stereocenters. The number of hydrogen-bond acceptors (Lipinski definition) is 6. The predicted molar refractivity (Wildman–Crippen MR) is 149 cm³/mol. The minimum absolute atomic E-state index is 0.0601. The minimum Gasteiger partial charge on any atom is -0.439 e. The molecule has 12 heteroatoms. The molecule has 0 saturated carbocycles. The molecule has 0 aliphatic heterocycles. The monoisotopic (exact) mass is 559 g/mol. The highest BCUT2D eigenvalue weighted by Crippen LogP contribution is 2.33. The number of anilines is 3. The average Bonchev–Trinajstić information content (AvgIpc) is 3.49. The summed E-state index contributed by atoms with van der Waals surface area (Å²) in [4.78, 5) is 21.1. The summed E-state index contributed by atoms with van der Waals surface area (Å²) in [7, 11) is 0. The number of hydrogen-bond donors (Lipinski definition) is 3. The van der Waals surface area contributed by atoms with Crippen molar-refractivity contribution in [2.24, 2.45) is 0 Å². The maximum Gasteiger partial charge on any atom is 0.416 e. The van der Waals surface area contributed by atoms with Crippen LogP contribution in [0.1, 0.15) is 18.1 Å². The van der Waals surface area contributed by atoms with Gasteiger partial charge < -0.3 is 21.1 Å². The Hall–Kier alpha value is -5.39. The number of benzene rings is 2. The maximum atomic E-state index is 13.2. The zero-order chi connectivity index (χ0) is 29.0. The third-order valence-electron chi connectivity index (χ3n) is 6.09. The van der Waals surface area contributed by atoms with Crippen molar-refractivity contribution in [3.8, 4) is 28.4 Å². The number of aryl methyl sites for hydroxylation is 1. The number of nitrogen functional groups attached to an aromatic ring is 1. The maximum absolute atomic E-state index is 13.2. The fraction of sp³-hybridized carbons (Fsp3) is 0.103. The standard InChI is InChI=1S/C29H24F3N7O2/c1-2-18-14-23(27(33)35-16-18)19-4-8-22(9-5-19)41-26-11-7-21(17-34-26)37-28(40)38-24-10-6-20(29(30,31)32)15-25(24)39-13-3-12-36-39/h3-17H,2H2,1H3,(H2,33,35)(H2,37,38,40). The van der Waals surface area contributed by atoms with Crippen LogP contribution in [0.15, 0.2) is 91.5 Å². The molecule has 0 spiro atoms. The summed E-state index contributed by atoms with van der Waals surface area (Å²) in [5.74, 6) is 1.29. The summed E-state index contributed by atoms with van der Waals surface area (Å²) in [5.41, 5.74) is 8.55. The number of rotatable bonds is 7. The number of halogens is 3. The Labute approximate surface area is 232 Å². The van der Waals surface area contributed by atoms with Crippen molar-refractivity contribution in [1.29, 1.82) is 0 Å². The van der Waals surface area contributed by atoms with Gasteiger partial charge in [-0.3, -0.25) is 0 Å². The number of carbonyl (C=O) groups is 1. The zero-order valence-electron chi connectivity index (χ0n) is 21.7. The number of nitrogens with zero attached hydrogens (tertiary/aromatic N) is 4. The molecule has 4 N–H and O–H groups in total. The molecule has 2 amide bonds. The Morgan fingerprint density at radius 3 is 2.46 bits per heavy atom. The van der Waals surface area contributed by atoms with Crippen molar-refractivity contribution in [2.75, 3.05) is 16.4 Å². The highest BCUT2D eigenvalue weighted by atomic mass is 19.4. The van der Waals surface area contributed by atoms with Gasteiger partial charge in [0, 0.05) is 30.2 Å². The number of ether oxygens (including phenoxy) is 1. The number of urea groups is 1. The van der Waals surface area contributed by atoms with Gasteiger partial charge in [-0.1, -0.05) is 19.1 Å². The molecule has 41 heavy (non-hydrogen) atoms. The molecular formula is C29H24F3N7O2. The summed E-state index contributed by atoms with van der Waals surface area (Å²) < 4.78 is 46.8. The summed E-state index contributed by atoms with van der Waals surface area (Å²) >= 11 is 0. The smallest absolute Gasteiger partial charge is 0.416 e. The van der Waals surface area contributed by atoms with Crippen molar-refractivity contribution in [3.63, 3.8) is 0 Å². The van der Waals surface area contributed by atoms with Crippen LogP contribution in [0.5, 0.6) is 11.6 Å². The molecule has 0 atom stereocenters. The largest absolute Gasteiger partial charge is 0.439 e. The Balaban J connectivity index is 1.23. The molecule has 0 aliphatic carbocycles. The third-order valence-corrected chi connectivity index (χ3v) is 6.09. The molecule has 0 saturated heterocycles. The molecule has 3 heterocycles. The lowest BCUT2D eigenvalue weighted by Crippen LogP contribution is -2.21. The van der Waals surface area contributed by atoms with E-state index in [-0.39, 0.29) is 11.4 Å². The molecule has 0 bridgehead atoms. The summed E-state index contributed by atoms with van der Waals surface area (Å²) in [6.45, 7) is 2.05. The van der Waals surface area contributed by atoms with Crippen LogP contribution in [0.25, 0.3) is 16.8 Å². The van der Waals surface area contributed by atoms with E-state index in [4.69, 9.17) is 10.5 Å². The second-order valence-corrected chi connectivity index (χ2v) is 8.90. The van der Waals surface area contributed by atoms with Crippen molar-refractivity contribution < 1.29 is 22.7 Å². The Morgan fingerprint density at radius 2 is 1.80 bits per heavy atom. The highest BCUT2D eigenvalue weighted by Gasteiger charge is 2.31. The van der Waals surface area contributed by atoms with Crippen LogP contribution in [0.2, 0.25) is 0 Å². The van der Waals surface area contributed by atoms with E-state index in [0.29, 0.717) is 23.1 Å². The first-order valence-electron chi connectivity index (χ1n) is 12.5. The van der Waals surface area contributed by atoms with E-state index in [0.717, 1.165) is 35.2 Å². The van der Waals surface area contributed by atoms with Crippen LogP contribution in [0.3, 0.4) is 0 Å². The van der Waals surface area contributed by atoms with Crippen LogP contribution in [-0.2, 0) is 12.6 Å². The summed E-state index contributed by atoms with van der Waals surface area (Å²) in [6.07, 6.45) is 2.36. The Morgan fingerprint density at radius 1 is 1.00 bits per heavy atom. The van der Waals surface area contributed by atoms with E-state index in [2.05, 4.69) is 25.7 Å². The number of amides is 2. The molecule has 3 aromatic heterocycles. The van der Waals surface area contributed by atoms with Gasteiger partial charge >= 0.3 is 12.2 Å². The van der Waals surface area contributed by atoms with Gasteiger partial charge in [0.05, 0.1) is 28.8 Å². The first-order valence-corrected chi connectivity index (χ1v) is 12.5. The number of aromatic nitrogens is 4. The lowest BCUT2D eigenvalue weighted by molar-refractivity contribution is -0.137. The predicted octanol–water partition coefficient (Wildman–Crippen LogP) is 6.93. The van der Waals surface area contributed by atoms with E-state index in [9.17, 15) is 18.0 Å². The normalized spacial score (nSPS) is 11.2. The molecule has 5 aromatic rings. The van der Waals surface area contributed by atoms with Crippen LogP contribution in [0.4, 0.5) is 35.2 Å². The van der Waals surface area contributed by atoms with Gasteiger partial charge in [-0.15, -0.1) is 0 Å². The van der Waals surface area contributed by atoms with Crippen LogP contribution in [-0.4, -0.2) is 25.8 Å². The molecule has 2 aromatic carbocycles. The molecule has 208 valence electrons. The fourth-order valence-corrected chi connectivity index (χ4v) is 3.98. The van der Waals surface area contributed by atoms with E-state index < -0.39 is 17.8 Å². The highest BCUT2D eigenvalue weighted by molar-refractivity contribution is 6.01. The molecule has 9 nitrogen and oxygen atoms in total.